The van der Waals surface area contributed by atoms with Gasteiger partial charge in [-0.15, -0.1) is 0 Å². The van der Waals surface area contributed by atoms with Crippen LogP contribution in [0.15, 0.2) is 18.2 Å². The number of unbranched alkanes of at least 4 members (excludes halogenated alkanes) is 1. The van der Waals surface area contributed by atoms with Crippen LogP contribution in [-0.2, 0) is 9.53 Å². The second-order valence-corrected chi connectivity index (χ2v) is 4.77. The number of benzene rings is 1. The summed E-state index contributed by atoms with van der Waals surface area (Å²) < 4.78 is 5.02. The second kappa shape index (κ2) is 7.53. The summed E-state index contributed by atoms with van der Waals surface area (Å²) in [5.41, 5.74) is 1.99. The summed E-state index contributed by atoms with van der Waals surface area (Å²) in [4.78, 5) is 22.8. The Morgan fingerprint density at radius 2 is 2.10 bits per heavy atom. The highest BCUT2D eigenvalue weighted by Gasteiger charge is 2.18. The van der Waals surface area contributed by atoms with Gasteiger partial charge in [-0.05, 0) is 37.5 Å². The first-order chi connectivity index (χ1) is 9.45. The molecule has 1 unspecified atom stereocenters. The Bertz CT molecular complexity index is 485. The number of aryl methyl sites for hydroxylation is 1. The molecule has 2 N–H and O–H groups in total. The van der Waals surface area contributed by atoms with E-state index in [0.717, 1.165) is 18.4 Å². The molecule has 20 heavy (non-hydrogen) atoms. The molecule has 0 saturated carbocycles. The fourth-order valence-electron chi connectivity index (χ4n) is 1.74. The summed E-state index contributed by atoms with van der Waals surface area (Å²) in [6.45, 7) is 5.83. The van der Waals surface area contributed by atoms with Gasteiger partial charge in [-0.2, -0.15) is 0 Å². The van der Waals surface area contributed by atoms with Crippen molar-refractivity contribution in [3.63, 3.8) is 0 Å². The standard InChI is InChI=1S/C15H21NO4/c1-4-5-8-20-15(19)16-13-9-10(2)6-7-12(13)11(3)14(17)18/h6-7,9,11H,4-5,8H2,1-3H3,(H,16,19)(H,17,18). The Hall–Kier alpha value is -2.04. The Morgan fingerprint density at radius 3 is 2.70 bits per heavy atom. The van der Waals surface area contributed by atoms with Crippen molar-refractivity contribution in [2.75, 3.05) is 11.9 Å². The van der Waals surface area contributed by atoms with E-state index in [1.807, 2.05) is 19.9 Å². The van der Waals surface area contributed by atoms with Crippen molar-refractivity contribution in [3.05, 3.63) is 29.3 Å². The van der Waals surface area contributed by atoms with Crippen LogP contribution in [-0.4, -0.2) is 23.8 Å². The van der Waals surface area contributed by atoms with Crippen molar-refractivity contribution < 1.29 is 19.4 Å². The normalized spacial score (nSPS) is 11.8. The first-order valence-corrected chi connectivity index (χ1v) is 6.72. The van der Waals surface area contributed by atoms with Crippen LogP contribution in [0.25, 0.3) is 0 Å². The molecule has 0 spiro atoms. The fourth-order valence-corrected chi connectivity index (χ4v) is 1.74. The molecule has 0 saturated heterocycles. The number of carbonyl (C=O) groups is 2. The Morgan fingerprint density at radius 1 is 1.40 bits per heavy atom. The molecule has 0 bridgehead atoms. The minimum absolute atomic E-state index is 0.359. The van der Waals surface area contributed by atoms with Gasteiger partial charge in [-0.1, -0.05) is 25.5 Å². The van der Waals surface area contributed by atoms with Crippen LogP contribution in [0.5, 0.6) is 0 Å². The Labute approximate surface area is 118 Å². The molecule has 1 amide bonds. The van der Waals surface area contributed by atoms with Crippen LogP contribution in [0.2, 0.25) is 0 Å². The highest BCUT2D eigenvalue weighted by molar-refractivity contribution is 5.88. The summed E-state index contributed by atoms with van der Waals surface area (Å²) >= 11 is 0. The Kier molecular flexibility index (Phi) is 6.03. The van der Waals surface area contributed by atoms with E-state index in [1.54, 1.807) is 19.1 Å². The SMILES string of the molecule is CCCCOC(=O)Nc1cc(C)ccc1C(C)C(=O)O. The predicted molar refractivity (Wildman–Crippen MR) is 77.1 cm³/mol. The van der Waals surface area contributed by atoms with E-state index in [1.165, 1.54) is 0 Å². The smallest absolute Gasteiger partial charge is 0.411 e. The highest BCUT2D eigenvalue weighted by atomic mass is 16.5. The van der Waals surface area contributed by atoms with Gasteiger partial charge in [0, 0.05) is 5.69 Å². The number of amides is 1. The number of aliphatic carboxylic acids is 1. The molecule has 0 fully saturated rings. The molecule has 5 nitrogen and oxygen atoms in total. The number of hydrogen-bond acceptors (Lipinski definition) is 3. The van der Waals surface area contributed by atoms with Crippen molar-refractivity contribution in [1.82, 2.24) is 0 Å². The van der Waals surface area contributed by atoms with Gasteiger partial charge in [-0.3, -0.25) is 10.1 Å². The van der Waals surface area contributed by atoms with Gasteiger partial charge < -0.3 is 9.84 Å². The van der Waals surface area contributed by atoms with E-state index in [-0.39, 0.29) is 0 Å². The monoisotopic (exact) mass is 279 g/mol. The van der Waals surface area contributed by atoms with Crippen LogP contribution < -0.4 is 5.32 Å². The third-order valence-electron chi connectivity index (χ3n) is 3.01. The number of carboxylic acids is 1. The van der Waals surface area contributed by atoms with Crippen molar-refractivity contribution in [2.45, 2.75) is 39.5 Å². The van der Waals surface area contributed by atoms with Crippen molar-refractivity contribution in [1.29, 1.82) is 0 Å². The van der Waals surface area contributed by atoms with Gasteiger partial charge in [0.2, 0.25) is 0 Å². The summed E-state index contributed by atoms with van der Waals surface area (Å²) in [5.74, 6) is -1.63. The number of anilines is 1. The van der Waals surface area contributed by atoms with Gasteiger partial charge in [0.15, 0.2) is 0 Å². The second-order valence-electron chi connectivity index (χ2n) is 4.77. The van der Waals surface area contributed by atoms with Crippen LogP contribution >= 0.6 is 0 Å². The van der Waals surface area contributed by atoms with Gasteiger partial charge >= 0.3 is 12.1 Å². The zero-order valence-electron chi connectivity index (χ0n) is 12.1. The summed E-state index contributed by atoms with van der Waals surface area (Å²) in [7, 11) is 0. The van der Waals surface area contributed by atoms with Crippen molar-refractivity contribution in [2.24, 2.45) is 0 Å². The lowest BCUT2D eigenvalue weighted by molar-refractivity contribution is -0.138. The van der Waals surface area contributed by atoms with E-state index >= 15 is 0 Å². The van der Waals surface area contributed by atoms with Crippen LogP contribution in [0.3, 0.4) is 0 Å². The molecule has 0 aromatic heterocycles. The molecule has 0 aliphatic rings. The van der Waals surface area contributed by atoms with Crippen molar-refractivity contribution in [3.8, 4) is 0 Å². The van der Waals surface area contributed by atoms with Crippen LogP contribution in [0.4, 0.5) is 10.5 Å². The average molecular weight is 279 g/mol. The lowest BCUT2D eigenvalue weighted by Crippen LogP contribution is -2.17. The topological polar surface area (TPSA) is 75.6 Å². The Balaban J connectivity index is 2.84. The number of carbonyl (C=O) groups excluding carboxylic acids is 1. The van der Waals surface area contributed by atoms with Crippen LogP contribution in [0.1, 0.15) is 43.7 Å². The van der Waals surface area contributed by atoms with E-state index in [0.29, 0.717) is 17.9 Å². The zero-order valence-corrected chi connectivity index (χ0v) is 12.1. The molecular formula is C15H21NO4. The molecule has 0 aliphatic carbocycles. The van der Waals surface area contributed by atoms with Crippen molar-refractivity contribution >= 4 is 17.7 Å². The van der Waals surface area contributed by atoms with E-state index in [2.05, 4.69) is 5.32 Å². The van der Waals surface area contributed by atoms with Gasteiger partial charge in [0.25, 0.3) is 0 Å². The van der Waals surface area contributed by atoms with E-state index < -0.39 is 18.0 Å². The maximum atomic E-state index is 11.7. The molecule has 0 heterocycles. The van der Waals surface area contributed by atoms with E-state index in [4.69, 9.17) is 9.84 Å². The van der Waals surface area contributed by atoms with Gasteiger partial charge in [0.05, 0.1) is 12.5 Å². The fraction of sp³-hybridized carbons (Fsp3) is 0.467. The molecule has 1 rings (SSSR count). The highest BCUT2D eigenvalue weighted by Crippen LogP contribution is 2.26. The molecule has 0 radical (unpaired) electrons. The molecular weight excluding hydrogens is 258 g/mol. The van der Waals surface area contributed by atoms with E-state index in [9.17, 15) is 9.59 Å². The van der Waals surface area contributed by atoms with Gasteiger partial charge in [0.1, 0.15) is 0 Å². The maximum absolute atomic E-state index is 11.7. The lowest BCUT2D eigenvalue weighted by Gasteiger charge is -2.15. The third-order valence-corrected chi connectivity index (χ3v) is 3.01. The zero-order chi connectivity index (χ0) is 15.1. The van der Waals surface area contributed by atoms with Crippen LogP contribution in [0, 0.1) is 6.92 Å². The number of carboxylic acid groups (broad SMARTS) is 1. The maximum Gasteiger partial charge on any atom is 0.411 e. The first-order valence-electron chi connectivity index (χ1n) is 6.72. The predicted octanol–water partition coefficient (Wildman–Crippen LogP) is 3.53. The number of rotatable bonds is 6. The summed E-state index contributed by atoms with van der Waals surface area (Å²) in [6, 6.07) is 5.29. The molecule has 5 heteroatoms. The lowest BCUT2D eigenvalue weighted by atomic mass is 9.98. The molecule has 1 aromatic rings. The third kappa shape index (κ3) is 4.57. The quantitative estimate of drug-likeness (QED) is 0.781. The molecule has 1 atom stereocenters. The number of nitrogens with one attached hydrogen (secondary N) is 1. The molecule has 0 aliphatic heterocycles. The average Bonchev–Trinajstić information content (AvgIpc) is 2.38. The molecule has 110 valence electrons. The minimum Gasteiger partial charge on any atom is -0.481 e. The summed E-state index contributed by atoms with van der Waals surface area (Å²) in [5, 5.41) is 11.7. The summed E-state index contributed by atoms with van der Waals surface area (Å²) in [6.07, 6.45) is 1.20. The largest absolute Gasteiger partial charge is 0.481 e. The number of hydrogen-bond donors (Lipinski definition) is 2. The van der Waals surface area contributed by atoms with Gasteiger partial charge in [-0.25, -0.2) is 4.79 Å². The first kappa shape index (κ1) is 16.0. The molecule has 1 aromatic carbocycles. The minimum atomic E-state index is -0.934. The number of ether oxygens (including phenoxy) is 1.